The van der Waals surface area contributed by atoms with Gasteiger partial charge >= 0.3 is 0 Å². The summed E-state index contributed by atoms with van der Waals surface area (Å²) in [5.41, 5.74) is 1.89. The summed E-state index contributed by atoms with van der Waals surface area (Å²) in [5, 5.41) is 10.3. The highest BCUT2D eigenvalue weighted by Crippen LogP contribution is 2.39. The van der Waals surface area contributed by atoms with E-state index >= 15 is 0 Å². The van der Waals surface area contributed by atoms with E-state index in [-0.39, 0.29) is 18.3 Å². The second-order valence-corrected chi connectivity index (χ2v) is 9.54. The fourth-order valence-corrected chi connectivity index (χ4v) is 6.24. The molecule has 136 valence electrons. The first-order valence-corrected chi connectivity index (χ1v) is 11.5. The van der Waals surface area contributed by atoms with Crippen LogP contribution in [0.3, 0.4) is 0 Å². The maximum absolute atomic E-state index is 12.0. The molecule has 0 saturated carbocycles. The van der Waals surface area contributed by atoms with E-state index in [0.29, 0.717) is 6.42 Å². The molecule has 2 aromatic rings. The molecule has 25 heavy (non-hydrogen) atoms. The lowest BCUT2D eigenvalue weighted by Crippen LogP contribution is -2.11. The summed E-state index contributed by atoms with van der Waals surface area (Å²) in [6.45, 7) is 0. The molecule has 1 atom stereocenters. The Morgan fingerprint density at radius 2 is 1.92 bits per heavy atom. The van der Waals surface area contributed by atoms with Gasteiger partial charge in [-0.3, -0.25) is 4.79 Å². The zero-order valence-electron chi connectivity index (χ0n) is 13.9. The Labute approximate surface area is 167 Å². The summed E-state index contributed by atoms with van der Waals surface area (Å²) < 4.78 is 0. The molecule has 1 aromatic heterocycles. The molecular formula is C18H23ClN2OS3. The highest BCUT2D eigenvalue weighted by molar-refractivity contribution is 8.77. The zero-order valence-corrected chi connectivity index (χ0v) is 17.2. The zero-order chi connectivity index (χ0) is 16.6. The lowest BCUT2D eigenvalue weighted by molar-refractivity contribution is -0.116. The quantitative estimate of drug-likeness (QED) is 0.378. The Bertz CT molecular complexity index is 628. The number of hydrogen-bond donors (Lipinski definition) is 2. The maximum Gasteiger partial charge on any atom is 0.224 e. The first kappa shape index (κ1) is 20.5. The summed E-state index contributed by atoms with van der Waals surface area (Å²) in [5.74, 6) is 1.40. The molecule has 0 spiro atoms. The summed E-state index contributed by atoms with van der Waals surface area (Å²) >= 11 is 1.67. The van der Waals surface area contributed by atoms with Gasteiger partial charge in [-0.2, -0.15) is 0 Å². The number of amides is 1. The number of rotatable bonds is 8. The molecule has 3 nitrogen and oxygen atoms in total. The Hall–Kier alpha value is -0.820. The van der Waals surface area contributed by atoms with Gasteiger partial charge in [0.2, 0.25) is 5.91 Å². The van der Waals surface area contributed by atoms with Crippen molar-refractivity contribution in [3.05, 3.63) is 41.8 Å². The number of thiophene rings is 1. The van der Waals surface area contributed by atoms with Crippen LogP contribution in [-0.2, 0) is 4.79 Å². The first-order valence-electron chi connectivity index (χ1n) is 8.28. The van der Waals surface area contributed by atoms with Crippen LogP contribution in [0.1, 0.15) is 32.1 Å². The molecule has 0 bridgehead atoms. The van der Waals surface area contributed by atoms with E-state index in [2.05, 4.69) is 10.6 Å². The third kappa shape index (κ3) is 7.13. The third-order valence-corrected chi connectivity index (χ3v) is 7.66. The number of benzene rings is 1. The summed E-state index contributed by atoms with van der Waals surface area (Å²) in [7, 11) is 4.00. The van der Waals surface area contributed by atoms with Gasteiger partial charge in [0.1, 0.15) is 0 Å². The lowest BCUT2D eigenvalue weighted by atomic mass is 10.1. The van der Waals surface area contributed by atoms with Crippen molar-refractivity contribution in [2.75, 3.05) is 16.4 Å². The van der Waals surface area contributed by atoms with Crippen molar-refractivity contribution >= 4 is 67.6 Å². The largest absolute Gasteiger partial charge is 0.347 e. The first-order chi connectivity index (χ1) is 11.8. The number of carbonyl (C=O) groups excluding carboxylic acids is 1. The Morgan fingerprint density at radius 1 is 1.12 bits per heavy atom. The standard InChI is InChI=1S/C18H22N2OS3.ClH/c21-17(5-2-1-4-16-11-13-23-24-16)19-14-7-9-15(10-8-14)20-18-6-3-12-22-18;/h3,6-10,12,16,20H,1-2,4-5,11,13H2,(H,19,21);1H. The molecule has 0 aliphatic carbocycles. The predicted molar refractivity (Wildman–Crippen MR) is 117 cm³/mol. The number of hydrogen-bond acceptors (Lipinski definition) is 5. The number of carbonyl (C=O) groups is 1. The average Bonchev–Trinajstić information content (AvgIpc) is 3.27. The van der Waals surface area contributed by atoms with Crippen molar-refractivity contribution in [1.29, 1.82) is 0 Å². The molecule has 1 unspecified atom stereocenters. The van der Waals surface area contributed by atoms with Gasteiger partial charge < -0.3 is 10.6 Å². The fraction of sp³-hybridized carbons (Fsp3) is 0.389. The van der Waals surface area contributed by atoms with Gasteiger partial charge in [-0.15, -0.1) is 23.7 Å². The second-order valence-electron chi connectivity index (χ2n) is 5.80. The van der Waals surface area contributed by atoms with Crippen LogP contribution in [0.15, 0.2) is 41.8 Å². The molecule has 1 aromatic carbocycles. The van der Waals surface area contributed by atoms with Crippen LogP contribution in [0.5, 0.6) is 0 Å². The van der Waals surface area contributed by atoms with Crippen LogP contribution >= 0.6 is 45.3 Å². The smallest absolute Gasteiger partial charge is 0.224 e. The van der Waals surface area contributed by atoms with E-state index in [1.807, 2.05) is 63.4 Å². The van der Waals surface area contributed by atoms with Gasteiger partial charge in [0.05, 0.1) is 5.00 Å². The monoisotopic (exact) mass is 414 g/mol. The molecule has 3 rings (SSSR count). The Balaban J connectivity index is 0.00000225. The maximum atomic E-state index is 12.0. The van der Waals surface area contributed by atoms with Gasteiger partial charge in [0, 0.05) is 28.8 Å². The van der Waals surface area contributed by atoms with E-state index in [1.165, 1.54) is 18.6 Å². The molecule has 7 heteroatoms. The van der Waals surface area contributed by atoms with Crippen molar-refractivity contribution in [2.24, 2.45) is 0 Å². The van der Waals surface area contributed by atoms with E-state index in [1.54, 1.807) is 11.3 Å². The van der Waals surface area contributed by atoms with Gasteiger partial charge in [-0.1, -0.05) is 28.0 Å². The number of unbranched alkanes of at least 4 members (excludes halogenated alkanes) is 1. The minimum atomic E-state index is 0. The molecule has 1 fully saturated rings. The number of nitrogens with one attached hydrogen (secondary N) is 2. The summed E-state index contributed by atoms with van der Waals surface area (Å²) in [4.78, 5) is 12.0. The summed E-state index contributed by atoms with van der Waals surface area (Å²) in [6.07, 6.45) is 5.31. The minimum Gasteiger partial charge on any atom is -0.347 e. The van der Waals surface area contributed by atoms with E-state index < -0.39 is 0 Å². The number of halogens is 1. The Morgan fingerprint density at radius 3 is 2.60 bits per heavy atom. The van der Waals surface area contributed by atoms with Crippen molar-refractivity contribution in [1.82, 2.24) is 0 Å². The average molecular weight is 415 g/mol. The second kappa shape index (κ2) is 11.0. The third-order valence-electron chi connectivity index (χ3n) is 3.86. The van der Waals surface area contributed by atoms with Gasteiger partial charge in [-0.05, 0) is 61.0 Å². The van der Waals surface area contributed by atoms with E-state index in [9.17, 15) is 4.79 Å². The molecular weight excluding hydrogens is 392 g/mol. The van der Waals surface area contributed by atoms with Crippen LogP contribution in [0, 0.1) is 0 Å². The molecule has 1 aliphatic heterocycles. The highest BCUT2D eigenvalue weighted by Gasteiger charge is 2.15. The predicted octanol–water partition coefficient (Wildman–Crippen LogP) is 6.57. The SMILES string of the molecule is Cl.O=C(CCCCC1CCSS1)Nc1ccc(Nc2cccs2)cc1. The van der Waals surface area contributed by atoms with Gasteiger partial charge in [-0.25, -0.2) is 0 Å². The lowest BCUT2D eigenvalue weighted by Gasteiger charge is -2.09. The minimum absolute atomic E-state index is 0. The molecule has 1 aliphatic rings. The van der Waals surface area contributed by atoms with E-state index in [4.69, 9.17) is 0 Å². The van der Waals surface area contributed by atoms with Crippen LogP contribution in [0.2, 0.25) is 0 Å². The van der Waals surface area contributed by atoms with Crippen LogP contribution in [0.4, 0.5) is 16.4 Å². The van der Waals surface area contributed by atoms with Crippen molar-refractivity contribution in [2.45, 2.75) is 37.4 Å². The van der Waals surface area contributed by atoms with Crippen LogP contribution in [-0.4, -0.2) is 16.9 Å². The molecule has 1 amide bonds. The van der Waals surface area contributed by atoms with Crippen molar-refractivity contribution in [3.63, 3.8) is 0 Å². The van der Waals surface area contributed by atoms with Crippen LogP contribution < -0.4 is 10.6 Å². The molecule has 1 saturated heterocycles. The normalized spacial score (nSPS) is 16.2. The van der Waals surface area contributed by atoms with Gasteiger partial charge in [0.15, 0.2) is 0 Å². The highest BCUT2D eigenvalue weighted by atomic mass is 35.5. The molecule has 2 heterocycles. The fourth-order valence-electron chi connectivity index (χ4n) is 2.57. The van der Waals surface area contributed by atoms with Crippen LogP contribution in [0.25, 0.3) is 0 Å². The van der Waals surface area contributed by atoms with Gasteiger partial charge in [0.25, 0.3) is 0 Å². The van der Waals surface area contributed by atoms with Crippen molar-refractivity contribution < 1.29 is 4.79 Å². The van der Waals surface area contributed by atoms with Crippen molar-refractivity contribution in [3.8, 4) is 0 Å². The topological polar surface area (TPSA) is 41.1 Å². The number of anilines is 3. The Kier molecular flexibility index (Phi) is 9.03. The molecule has 0 radical (unpaired) electrons. The van der Waals surface area contributed by atoms with E-state index in [0.717, 1.165) is 34.5 Å². The summed E-state index contributed by atoms with van der Waals surface area (Å²) in [6, 6.07) is 11.9. The molecule has 2 N–H and O–H groups in total.